The van der Waals surface area contributed by atoms with Crippen LogP contribution >= 0.6 is 0 Å². The van der Waals surface area contributed by atoms with Crippen LogP contribution in [0.5, 0.6) is 11.5 Å². The number of benzene rings is 1. The van der Waals surface area contributed by atoms with Crippen LogP contribution in [0.1, 0.15) is 0 Å². The molecule has 31 heavy (non-hydrogen) atoms. The molecule has 0 spiro atoms. The van der Waals surface area contributed by atoms with E-state index in [-0.39, 0.29) is 0 Å². The SMILES string of the molecule is COc1ccc(OC2O[C@H](CO)[C@@H](OC3O[C@H](CO)[C@H](O)[C@H](O)[C@H]3O)[C@H](O)[C@H]2O)cc1. The lowest BCUT2D eigenvalue weighted by Crippen LogP contribution is -2.65. The number of aliphatic hydroxyl groups excluding tert-OH is 7. The average molecular weight is 448 g/mol. The highest BCUT2D eigenvalue weighted by atomic mass is 16.7. The van der Waals surface area contributed by atoms with Crippen molar-refractivity contribution in [3.8, 4) is 11.5 Å². The van der Waals surface area contributed by atoms with Crippen LogP contribution in [0.4, 0.5) is 0 Å². The minimum atomic E-state index is -1.73. The van der Waals surface area contributed by atoms with E-state index in [1.807, 2.05) is 0 Å². The molecule has 3 rings (SSSR count). The van der Waals surface area contributed by atoms with Gasteiger partial charge in [0.05, 0.1) is 20.3 Å². The molecule has 12 heteroatoms. The second-order valence-electron chi connectivity index (χ2n) is 7.30. The summed E-state index contributed by atoms with van der Waals surface area (Å²) in [6, 6.07) is 6.36. The molecule has 0 aromatic heterocycles. The Bertz CT molecular complexity index is 683. The van der Waals surface area contributed by atoms with Gasteiger partial charge in [0.2, 0.25) is 6.29 Å². The first-order chi connectivity index (χ1) is 14.8. The van der Waals surface area contributed by atoms with Crippen molar-refractivity contribution in [1.82, 2.24) is 0 Å². The summed E-state index contributed by atoms with van der Waals surface area (Å²) in [7, 11) is 1.50. The zero-order valence-corrected chi connectivity index (χ0v) is 16.7. The molecule has 2 saturated heterocycles. The number of hydrogen-bond acceptors (Lipinski definition) is 12. The first-order valence-corrected chi connectivity index (χ1v) is 9.69. The second-order valence-corrected chi connectivity index (χ2v) is 7.30. The van der Waals surface area contributed by atoms with Crippen LogP contribution < -0.4 is 9.47 Å². The van der Waals surface area contributed by atoms with Crippen LogP contribution in [0.15, 0.2) is 24.3 Å². The van der Waals surface area contributed by atoms with Crippen LogP contribution in [-0.2, 0) is 14.2 Å². The van der Waals surface area contributed by atoms with Crippen molar-refractivity contribution in [2.24, 2.45) is 0 Å². The molecule has 0 aliphatic carbocycles. The van der Waals surface area contributed by atoms with E-state index in [0.717, 1.165) is 0 Å². The van der Waals surface area contributed by atoms with Gasteiger partial charge in [0, 0.05) is 0 Å². The molecule has 2 aliphatic rings. The molecule has 1 aromatic carbocycles. The van der Waals surface area contributed by atoms with Gasteiger partial charge in [-0.3, -0.25) is 0 Å². The quantitative estimate of drug-likeness (QED) is 0.220. The summed E-state index contributed by atoms with van der Waals surface area (Å²) in [5.41, 5.74) is 0. The Labute approximate surface area is 177 Å². The first kappa shape index (κ1) is 24.1. The molecule has 2 fully saturated rings. The molecule has 10 atom stereocenters. The van der Waals surface area contributed by atoms with Gasteiger partial charge in [-0.25, -0.2) is 0 Å². The third kappa shape index (κ3) is 5.09. The van der Waals surface area contributed by atoms with Gasteiger partial charge < -0.3 is 59.4 Å². The van der Waals surface area contributed by atoms with Gasteiger partial charge in [-0.2, -0.15) is 0 Å². The van der Waals surface area contributed by atoms with E-state index in [9.17, 15) is 35.7 Å². The summed E-state index contributed by atoms with van der Waals surface area (Å²) in [6.07, 6.45) is -15.0. The maximum absolute atomic E-state index is 10.6. The smallest absolute Gasteiger partial charge is 0.229 e. The highest BCUT2D eigenvalue weighted by Crippen LogP contribution is 2.30. The number of methoxy groups -OCH3 is 1. The number of ether oxygens (including phenoxy) is 5. The van der Waals surface area contributed by atoms with Gasteiger partial charge in [-0.15, -0.1) is 0 Å². The van der Waals surface area contributed by atoms with Gasteiger partial charge in [-0.1, -0.05) is 0 Å². The topological polar surface area (TPSA) is 188 Å². The van der Waals surface area contributed by atoms with Crippen LogP contribution in [0, 0.1) is 0 Å². The van der Waals surface area contributed by atoms with Crippen molar-refractivity contribution in [2.75, 3.05) is 20.3 Å². The Morgan fingerprint density at radius 1 is 0.710 bits per heavy atom. The van der Waals surface area contributed by atoms with Crippen LogP contribution in [0.3, 0.4) is 0 Å². The summed E-state index contributed by atoms with van der Waals surface area (Å²) in [4.78, 5) is 0. The van der Waals surface area contributed by atoms with E-state index in [1.165, 1.54) is 7.11 Å². The zero-order valence-electron chi connectivity index (χ0n) is 16.7. The molecular formula is C19H28O12. The lowest BCUT2D eigenvalue weighted by molar-refractivity contribution is -0.352. The second kappa shape index (κ2) is 10.4. The molecule has 176 valence electrons. The first-order valence-electron chi connectivity index (χ1n) is 9.69. The summed E-state index contributed by atoms with van der Waals surface area (Å²) in [5.74, 6) is 0.890. The predicted octanol–water partition coefficient (Wildman–Crippen LogP) is -3.30. The van der Waals surface area contributed by atoms with Crippen molar-refractivity contribution in [1.29, 1.82) is 0 Å². The zero-order chi connectivity index (χ0) is 22.7. The molecule has 12 nitrogen and oxygen atoms in total. The molecular weight excluding hydrogens is 420 g/mol. The van der Waals surface area contributed by atoms with Crippen molar-refractivity contribution in [3.63, 3.8) is 0 Å². The van der Waals surface area contributed by atoms with Crippen molar-refractivity contribution in [2.45, 2.75) is 61.4 Å². The molecule has 2 heterocycles. The van der Waals surface area contributed by atoms with E-state index in [0.29, 0.717) is 11.5 Å². The molecule has 2 unspecified atom stereocenters. The van der Waals surface area contributed by atoms with Gasteiger partial charge in [-0.05, 0) is 24.3 Å². The van der Waals surface area contributed by atoms with Crippen molar-refractivity contribution >= 4 is 0 Å². The summed E-state index contributed by atoms with van der Waals surface area (Å²) in [6.45, 7) is -1.31. The average Bonchev–Trinajstić information content (AvgIpc) is 2.79. The number of rotatable bonds is 7. The van der Waals surface area contributed by atoms with Crippen LogP contribution in [0.2, 0.25) is 0 Å². The maximum atomic E-state index is 10.6. The molecule has 7 N–H and O–H groups in total. The Hall–Kier alpha value is -1.58. The number of hydrogen-bond donors (Lipinski definition) is 7. The van der Waals surface area contributed by atoms with Gasteiger partial charge in [0.1, 0.15) is 60.3 Å². The van der Waals surface area contributed by atoms with E-state index in [2.05, 4.69) is 0 Å². The lowest BCUT2D eigenvalue weighted by atomic mass is 9.97. The normalized spacial score (nSPS) is 41.0. The van der Waals surface area contributed by atoms with Gasteiger partial charge >= 0.3 is 0 Å². The van der Waals surface area contributed by atoms with E-state index < -0.39 is 74.6 Å². The van der Waals surface area contributed by atoms with Gasteiger partial charge in [0.25, 0.3) is 0 Å². The fourth-order valence-corrected chi connectivity index (χ4v) is 3.44. The fraction of sp³-hybridized carbons (Fsp3) is 0.684. The minimum absolute atomic E-state index is 0.307. The third-order valence-electron chi connectivity index (χ3n) is 5.27. The molecule has 2 aliphatic heterocycles. The summed E-state index contributed by atoms with van der Waals surface area (Å²) >= 11 is 0. The van der Waals surface area contributed by atoms with Crippen LogP contribution in [0.25, 0.3) is 0 Å². The molecule has 0 bridgehead atoms. The Balaban J connectivity index is 1.70. The molecule has 0 saturated carbocycles. The van der Waals surface area contributed by atoms with Crippen molar-refractivity contribution in [3.05, 3.63) is 24.3 Å². The fourth-order valence-electron chi connectivity index (χ4n) is 3.44. The maximum Gasteiger partial charge on any atom is 0.229 e. The molecule has 0 amide bonds. The Morgan fingerprint density at radius 3 is 1.84 bits per heavy atom. The van der Waals surface area contributed by atoms with Crippen molar-refractivity contribution < 1.29 is 59.4 Å². The van der Waals surface area contributed by atoms with E-state index >= 15 is 0 Å². The van der Waals surface area contributed by atoms with Gasteiger partial charge in [0.15, 0.2) is 6.29 Å². The highest BCUT2D eigenvalue weighted by molar-refractivity contribution is 5.31. The predicted molar refractivity (Wildman–Crippen MR) is 100 cm³/mol. The lowest BCUT2D eigenvalue weighted by Gasteiger charge is -2.45. The van der Waals surface area contributed by atoms with E-state index in [4.69, 9.17) is 23.7 Å². The Kier molecular flexibility index (Phi) is 8.04. The third-order valence-corrected chi connectivity index (χ3v) is 5.27. The summed E-state index contributed by atoms with van der Waals surface area (Å²) < 4.78 is 26.9. The number of aliphatic hydroxyl groups is 7. The van der Waals surface area contributed by atoms with E-state index in [1.54, 1.807) is 24.3 Å². The molecule has 0 radical (unpaired) electrons. The minimum Gasteiger partial charge on any atom is -0.497 e. The van der Waals surface area contributed by atoms with Crippen LogP contribution in [-0.4, -0.2) is 117 Å². The molecule has 1 aromatic rings. The standard InChI is InChI=1S/C19H28O12/c1-27-8-2-4-9(5-3-8)28-18-16(26)14(24)17(11(7-21)30-18)31-19-15(25)13(23)12(22)10(6-20)29-19/h2-5,10-26H,6-7H2,1H3/t10-,11-,12+,13+,14-,15-,16-,17-,18?,19?/m1/s1. The largest absolute Gasteiger partial charge is 0.497 e. The highest BCUT2D eigenvalue weighted by Gasteiger charge is 2.51. The Morgan fingerprint density at radius 2 is 1.26 bits per heavy atom. The monoisotopic (exact) mass is 448 g/mol. The summed E-state index contributed by atoms with van der Waals surface area (Å²) in [5, 5.41) is 69.9.